The molecule has 0 fully saturated rings. The van der Waals surface area contributed by atoms with Crippen molar-refractivity contribution in [3.63, 3.8) is 0 Å². The van der Waals surface area contributed by atoms with Crippen molar-refractivity contribution in [3.05, 3.63) is 32.6 Å². The van der Waals surface area contributed by atoms with E-state index in [2.05, 4.69) is 26.4 Å². The highest BCUT2D eigenvalue weighted by Gasteiger charge is 2.20. The smallest absolute Gasteiger partial charge is 0.267 e. The van der Waals surface area contributed by atoms with Gasteiger partial charge in [0.1, 0.15) is 5.76 Å². The van der Waals surface area contributed by atoms with E-state index >= 15 is 0 Å². The first-order valence-corrected chi connectivity index (χ1v) is 7.01. The predicted octanol–water partition coefficient (Wildman–Crippen LogP) is 4.05. The molecule has 1 amide bonds. The van der Waals surface area contributed by atoms with Gasteiger partial charge in [-0.15, -0.1) is 11.3 Å². The van der Waals surface area contributed by atoms with Crippen molar-refractivity contribution in [3.8, 4) is 0 Å². The molecule has 1 N–H and O–H groups in total. The fraction of sp³-hybridized carbons (Fsp3) is 0.333. The predicted molar refractivity (Wildman–Crippen MR) is 75.2 cm³/mol. The van der Waals surface area contributed by atoms with Crippen LogP contribution < -0.4 is 5.32 Å². The number of hydrogen-bond donors (Lipinski definition) is 1. The minimum atomic E-state index is -0.181. The van der Waals surface area contributed by atoms with E-state index < -0.39 is 0 Å². The Hall–Kier alpha value is -1.14. The second-order valence-corrected chi connectivity index (χ2v) is 7.35. The molecule has 96 valence electrons. The van der Waals surface area contributed by atoms with Gasteiger partial charge in [-0.3, -0.25) is 4.79 Å². The zero-order valence-corrected chi connectivity index (χ0v) is 12.7. The summed E-state index contributed by atoms with van der Waals surface area (Å²) >= 11 is 4.69. The Bertz CT molecular complexity index is 569. The van der Waals surface area contributed by atoms with Crippen molar-refractivity contribution < 1.29 is 9.32 Å². The highest BCUT2D eigenvalue weighted by atomic mass is 79.9. The van der Waals surface area contributed by atoms with Crippen molar-refractivity contribution in [1.82, 2.24) is 5.16 Å². The molecular weight excluding hydrogens is 316 g/mol. The molecule has 0 saturated carbocycles. The molecule has 2 aromatic rings. The monoisotopic (exact) mass is 328 g/mol. The van der Waals surface area contributed by atoms with Gasteiger partial charge in [0, 0.05) is 11.5 Å². The lowest BCUT2D eigenvalue weighted by Gasteiger charge is -2.11. The first-order chi connectivity index (χ1) is 8.36. The Morgan fingerprint density at radius 2 is 2.17 bits per heavy atom. The first kappa shape index (κ1) is 13.3. The lowest BCUT2D eigenvalue weighted by molar-refractivity contribution is 0.102. The molecule has 0 unspecified atom stereocenters. The molecule has 0 bridgehead atoms. The van der Waals surface area contributed by atoms with E-state index in [1.54, 1.807) is 12.1 Å². The van der Waals surface area contributed by atoms with Crippen LogP contribution in [0.2, 0.25) is 0 Å². The summed E-state index contributed by atoms with van der Waals surface area (Å²) in [6.07, 6.45) is 0. The van der Waals surface area contributed by atoms with E-state index in [9.17, 15) is 4.79 Å². The molecular formula is C12H13BrN2O2S. The van der Waals surface area contributed by atoms with Crippen LogP contribution in [-0.2, 0) is 5.41 Å². The largest absolute Gasteiger partial charge is 0.359 e. The number of nitrogens with one attached hydrogen (secondary N) is 1. The molecule has 0 saturated heterocycles. The third-order valence-corrected chi connectivity index (χ3v) is 3.91. The molecule has 0 aliphatic heterocycles. The van der Waals surface area contributed by atoms with E-state index in [1.165, 1.54) is 11.3 Å². The quantitative estimate of drug-likeness (QED) is 0.904. The maximum atomic E-state index is 11.9. The number of carbonyl (C=O) groups is 1. The average Bonchev–Trinajstić information content (AvgIpc) is 2.85. The van der Waals surface area contributed by atoms with E-state index in [1.807, 2.05) is 26.8 Å². The standard InChI is InChI=1S/C12H13BrN2O2S/c1-12(2,3)8-6-10(15-17-8)14-11(16)7-4-5-9(13)18-7/h4-6H,1-3H3,(H,14,15,16). The molecule has 4 nitrogen and oxygen atoms in total. The number of nitrogens with zero attached hydrogens (tertiary/aromatic N) is 1. The lowest BCUT2D eigenvalue weighted by Crippen LogP contribution is -2.11. The summed E-state index contributed by atoms with van der Waals surface area (Å²) in [5.74, 6) is 0.999. The van der Waals surface area contributed by atoms with E-state index in [0.29, 0.717) is 10.7 Å². The third kappa shape index (κ3) is 3.00. The minimum Gasteiger partial charge on any atom is -0.359 e. The van der Waals surface area contributed by atoms with Gasteiger partial charge in [-0.1, -0.05) is 25.9 Å². The molecule has 0 atom stereocenters. The zero-order valence-electron chi connectivity index (χ0n) is 10.3. The van der Waals surface area contributed by atoms with E-state index in [4.69, 9.17) is 4.52 Å². The highest BCUT2D eigenvalue weighted by molar-refractivity contribution is 9.11. The molecule has 2 heterocycles. The first-order valence-electron chi connectivity index (χ1n) is 5.40. The Kier molecular flexibility index (Phi) is 3.59. The molecule has 2 rings (SSSR count). The molecule has 0 aliphatic carbocycles. The van der Waals surface area contributed by atoms with Gasteiger partial charge in [0.2, 0.25) is 0 Å². The van der Waals surface area contributed by atoms with Gasteiger partial charge in [0.15, 0.2) is 5.82 Å². The van der Waals surface area contributed by atoms with Crippen molar-refractivity contribution in [2.75, 3.05) is 5.32 Å². The number of anilines is 1. The van der Waals surface area contributed by atoms with Gasteiger partial charge in [0.05, 0.1) is 8.66 Å². The summed E-state index contributed by atoms with van der Waals surface area (Å²) in [5, 5.41) is 6.55. The lowest BCUT2D eigenvalue weighted by atomic mass is 9.93. The van der Waals surface area contributed by atoms with Crippen LogP contribution in [0, 0.1) is 0 Å². The number of amides is 1. The Morgan fingerprint density at radius 1 is 1.44 bits per heavy atom. The van der Waals surface area contributed by atoms with Crippen LogP contribution in [-0.4, -0.2) is 11.1 Å². The summed E-state index contributed by atoms with van der Waals surface area (Å²) in [6.45, 7) is 6.07. The van der Waals surface area contributed by atoms with Crippen molar-refractivity contribution in [1.29, 1.82) is 0 Å². The molecule has 0 spiro atoms. The number of aromatic nitrogens is 1. The van der Waals surface area contributed by atoms with Crippen LogP contribution in [0.25, 0.3) is 0 Å². The molecule has 0 radical (unpaired) electrons. The number of rotatable bonds is 2. The maximum absolute atomic E-state index is 11.9. The number of halogens is 1. The zero-order chi connectivity index (χ0) is 13.3. The average molecular weight is 329 g/mol. The summed E-state index contributed by atoms with van der Waals surface area (Å²) in [6, 6.07) is 5.35. The van der Waals surface area contributed by atoms with E-state index in [0.717, 1.165) is 9.55 Å². The highest BCUT2D eigenvalue weighted by Crippen LogP contribution is 2.26. The number of thiophene rings is 1. The van der Waals surface area contributed by atoms with Crippen LogP contribution in [0.1, 0.15) is 36.2 Å². The second kappa shape index (κ2) is 4.85. The van der Waals surface area contributed by atoms with Gasteiger partial charge in [-0.2, -0.15) is 0 Å². The summed E-state index contributed by atoms with van der Waals surface area (Å²) in [7, 11) is 0. The van der Waals surface area contributed by atoms with Crippen LogP contribution in [0.3, 0.4) is 0 Å². The third-order valence-electron chi connectivity index (χ3n) is 2.29. The maximum Gasteiger partial charge on any atom is 0.267 e. The van der Waals surface area contributed by atoms with Crippen LogP contribution >= 0.6 is 27.3 Å². The Balaban J connectivity index is 2.10. The summed E-state index contributed by atoms with van der Waals surface area (Å²) in [4.78, 5) is 12.5. The van der Waals surface area contributed by atoms with Gasteiger partial charge in [-0.25, -0.2) is 0 Å². The Morgan fingerprint density at radius 3 is 2.67 bits per heavy atom. The van der Waals surface area contributed by atoms with Crippen LogP contribution in [0.4, 0.5) is 5.82 Å². The van der Waals surface area contributed by atoms with Crippen LogP contribution in [0.5, 0.6) is 0 Å². The van der Waals surface area contributed by atoms with Crippen LogP contribution in [0.15, 0.2) is 26.5 Å². The minimum absolute atomic E-state index is 0.123. The number of carbonyl (C=O) groups excluding carboxylic acids is 1. The fourth-order valence-corrected chi connectivity index (χ4v) is 2.58. The van der Waals surface area contributed by atoms with Crippen molar-refractivity contribution >= 4 is 39.0 Å². The van der Waals surface area contributed by atoms with Crippen molar-refractivity contribution in [2.24, 2.45) is 0 Å². The Labute approximate surface area is 117 Å². The normalized spacial score (nSPS) is 11.6. The fourth-order valence-electron chi connectivity index (χ4n) is 1.30. The molecule has 0 aliphatic rings. The van der Waals surface area contributed by atoms with Crippen molar-refractivity contribution in [2.45, 2.75) is 26.2 Å². The second-order valence-electron chi connectivity index (χ2n) is 4.88. The van der Waals surface area contributed by atoms with Gasteiger partial charge in [-0.05, 0) is 28.1 Å². The van der Waals surface area contributed by atoms with E-state index in [-0.39, 0.29) is 11.3 Å². The van der Waals surface area contributed by atoms with Gasteiger partial charge < -0.3 is 9.84 Å². The van der Waals surface area contributed by atoms with Gasteiger partial charge >= 0.3 is 0 Å². The molecule has 0 aromatic carbocycles. The molecule has 18 heavy (non-hydrogen) atoms. The van der Waals surface area contributed by atoms with Gasteiger partial charge in [0.25, 0.3) is 5.91 Å². The topological polar surface area (TPSA) is 55.1 Å². The summed E-state index contributed by atoms with van der Waals surface area (Å²) in [5.41, 5.74) is -0.123. The SMILES string of the molecule is CC(C)(C)c1cc(NC(=O)c2ccc(Br)s2)no1. The molecule has 6 heteroatoms. The summed E-state index contributed by atoms with van der Waals surface area (Å²) < 4.78 is 6.12. The molecule has 2 aromatic heterocycles. The number of hydrogen-bond acceptors (Lipinski definition) is 4.